The molecule has 0 saturated heterocycles. The van der Waals surface area contributed by atoms with Gasteiger partial charge in [-0.05, 0) is 0 Å². The first kappa shape index (κ1) is 9.65. The van der Waals surface area contributed by atoms with Crippen molar-refractivity contribution in [2.24, 2.45) is 0 Å². The van der Waals surface area contributed by atoms with Crippen molar-refractivity contribution >= 4 is 25.9 Å². The lowest BCUT2D eigenvalue weighted by Gasteiger charge is -2.14. The zero-order valence-electron chi connectivity index (χ0n) is 6.62. The van der Waals surface area contributed by atoms with Crippen LogP contribution in [-0.2, 0) is 0 Å². The molecule has 0 heterocycles. The zero-order valence-corrected chi connectivity index (χ0v) is 9.62. The third-order valence-corrected chi connectivity index (χ3v) is 14.9. The highest BCUT2D eigenvalue weighted by Crippen LogP contribution is 2.03. The molecule has 9 heavy (non-hydrogen) atoms. The van der Waals surface area contributed by atoms with Crippen LogP contribution in [0.3, 0.4) is 0 Å². The number of rotatable bonds is 4. The van der Waals surface area contributed by atoms with Crippen molar-refractivity contribution in [1.29, 1.82) is 0 Å². The molecule has 0 aromatic rings. The molecule has 0 aromatic carbocycles. The van der Waals surface area contributed by atoms with Crippen LogP contribution < -0.4 is 0 Å². The Hall–Kier alpha value is 0.651. The van der Waals surface area contributed by atoms with E-state index < -0.39 is 0 Å². The van der Waals surface area contributed by atoms with E-state index in [-0.39, 0.29) is 16.1 Å². The maximum atomic E-state index is 3.86. The summed E-state index contributed by atoms with van der Waals surface area (Å²) in [5.41, 5.74) is 0. The summed E-state index contributed by atoms with van der Waals surface area (Å²) in [5.74, 6) is 0. The fourth-order valence-electron chi connectivity index (χ4n) is 0.927. The predicted octanol–water partition coefficient (Wildman–Crippen LogP) is 1.78. The second-order valence-corrected chi connectivity index (χ2v) is 13.7. The van der Waals surface area contributed by atoms with E-state index in [4.69, 9.17) is 0 Å². The molecule has 5 radical (unpaired) electrons. The van der Waals surface area contributed by atoms with Crippen molar-refractivity contribution in [2.45, 2.75) is 38.9 Å². The Balaban J connectivity index is 3.50. The summed E-state index contributed by atoms with van der Waals surface area (Å²) in [4.78, 5) is 0. The van der Waals surface area contributed by atoms with Crippen LogP contribution in [0.15, 0.2) is 0 Å². The highest BCUT2D eigenvalue weighted by molar-refractivity contribution is 7.41. The lowest BCUT2D eigenvalue weighted by Crippen LogP contribution is -2.33. The summed E-state index contributed by atoms with van der Waals surface area (Å²) in [5, 5.41) is 0. The SMILES string of the molecule is CC[Si]([Si])[Si](CC)CC. The Kier molecular flexibility index (Phi) is 5.83. The van der Waals surface area contributed by atoms with Crippen molar-refractivity contribution < 1.29 is 0 Å². The molecule has 0 aliphatic heterocycles. The lowest BCUT2D eigenvalue weighted by molar-refractivity contribution is 1.33. The van der Waals surface area contributed by atoms with E-state index in [1.807, 2.05) is 0 Å². The minimum Gasteiger partial charge on any atom is -0.0684 e. The van der Waals surface area contributed by atoms with Gasteiger partial charge in [0.25, 0.3) is 0 Å². The Morgan fingerprint density at radius 3 is 1.56 bits per heavy atom. The molecule has 0 bridgehead atoms. The van der Waals surface area contributed by atoms with Gasteiger partial charge in [0.1, 0.15) is 0 Å². The van der Waals surface area contributed by atoms with Gasteiger partial charge in [0.2, 0.25) is 0 Å². The summed E-state index contributed by atoms with van der Waals surface area (Å²) in [7, 11) is 3.86. The van der Waals surface area contributed by atoms with Crippen molar-refractivity contribution in [3.05, 3.63) is 0 Å². The van der Waals surface area contributed by atoms with E-state index in [0.29, 0.717) is 0 Å². The molecular weight excluding hydrogens is 156 g/mol. The third kappa shape index (κ3) is 3.37. The smallest absolute Gasteiger partial charge is 0.0334 e. The molecule has 0 aliphatic rings. The molecule has 0 fully saturated rings. The Morgan fingerprint density at radius 2 is 1.44 bits per heavy atom. The van der Waals surface area contributed by atoms with Crippen molar-refractivity contribution in [1.82, 2.24) is 0 Å². The predicted molar refractivity (Wildman–Crippen MR) is 48.7 cm³/mol. The first-order chi connectivity index (χ1) is 4.26. The average molecular weight is 171 g/mol. The first-order valence-corrected chi connectivity index (χ1v) is 9.80. The van der Waals surface area contributed by atoms with Crippen molar-refractivity contribution in [3.8, 4) is 0 Å². The van der Waals surface area contributed by atoms with Crippen LogP contribution in [0.5, 0.6) is 0 Å². The Morgan fingerprint density at radius 1 is 1.00 bits per heavy atom. The molecule has 0 saturated carbocycles. The summed E-state index contributed by atoms with van der Waals surface area (Å²) in [6.07, 6.45) is 0. The molecule has 0 aromatic heterocycles. The van der Waals surface area contributed by atoms with Gasteiger partial charge in [-0.15, -0.1) is 0 Å². The molecule has 3 heteroatoms. The van der Waals surface area contributed by atoms with Crippen LogP contribution in [0, 0.1) is 0 Å². The molecule has 0 rings (SSSR count). The fraction of sp³-hybridized carbons (Fsp3) is 1.00. The minimum absolute atomic E-state index is 0.0617. The summed E-state index contributed by atoms with van der Waals surface area (Å²) >= 11 is 0. The van der Waals surface area contributed by atoms with Gasteiger partial charge in [-0.1, -0.05) is 38.9 Å². The van der Waals surface area contributed by atoms with Gasteiger partial charge in [-0.3, -0.25) is 0 Å². The van der Waals surface area contributed by atoms with E-state index >= 15 is 0 Å². The van der Waals surface area contributed by atoms with Gasteiger partial charge in [-0.2, -0.15) is 0 Å². The number of hydrogen-bond acceptors (Lipinski definition) is 0. The van der Waals surface area contributed by atoms with Crippen LogP contribution in [0.1, 0.15) is 20.8 Å². The Labute approximate surface area is 65.3 Å². The van der Waals surface area contributed by atoms with Gasteiger partial charge in [-0.25, -0.2) is 0 Å². The molecule has 0 N–H and O–H groups in total. The summed E-state index contributed by atoms with van der Waals surface area (Å²) in [6.45, 7) is 6.97. The molecule has 0 nitrogen and oxygen atoms in total. The maximum absolute atomic E-state index is 3.86. The molecule has 51 valence electrons. The van der Waals surface area contributed by atoms with E-state index in [1.54, 1.807) is 0 Å². The largest absolute Gasteiger partial charge is 0.0684 e. The average Bonchev–Trinajstić information content (AvgIpc) is 1.90. The molecule has 0 spiro atoms. The van der Waals surface area contributed by atoms with Gasteiger partial charge in [0.05, 0.1) is 0 Å². The van der Waals surface area contributed by atoms with E-state index in [2.05, 4.69) is 30.5 Å². The zero-order chi connectivity index (χ0) is 7.28. The second kappa shape index (κ2) is 5.44. The second-order valence-electron chi connectivity index (χ2n) is 2.14. The lowest BCUT2D eigenvalue weighted by atomic mass is 11.0. The van der Waals surface area contributed by atoms with E-state index in [9.17, 15) is 0 Å². The standard InChI is InChI=1S/C6H15Si3/c1-4-8(5-2)9(7)6-3/h4-6H2,1-3H3. The normalized spacial score (nSPS) is 11.3. The van der Waals surface area contributed by atoms with Gasteiger partial charge in [0, 0.05) is 25.9 Å². The van der Waals surface area contributed by atoms with Crippen LogP contribution in [0.2, 0.25) is 18.1 Å². The van der Waals surface area contributed by atoms with Crippen LogP contribution in [-0.4, -0.2) is 25.9 Å². The monoisotopic (exact) mass is 171 g/mol. The van der Waals surface area contributed by atoms with Crippen LogP contribution in [0.25, 0.3) is 0 Å². The van der Waals surface area contributed by atoms with Crippen LogP contribution >= 0.6 is 0 Å². The summed E-state index contributed by atoms with van der Waals surface area (Å²) in [6, 6.07) is 4.30. The molecule has 0 amide bonds. The molecule has 0 aliphatic carbocycles. The van der Waals surface area contributed by atoms with Crippen LogP contribution in [0.4, 0.5) is 0 Å². The van der Waals surface area contributed by atoms with Gasteiger partial charge < -0.3 is 0 Å². The van der Waals surface area contributed by atoms with Gasteiger partial charge >= 0.3 is 0 Å². The quantitative estimate of drug-likeness (QED) is 0.566. The highest BCUT2D eigenvalue weighted by atomic mass is 29.6. The highest BCUT2D eigenvalue weighted by Gasteiger charge is 2.13. The minimum atomic E-state index is -0.0617. The Bertz CT molecular complexity index is 61.3. The first-order valence-electron chi connectivity index (χ1n) is 3.68. The maximum Gasteiger partial charge on any atom is 0.0334 e. The summed E-state index contributed by atoms with van der Waals surface area (Å²) < 4.78 is 0. The van der Waals surface area contributed by atoms with Gasteiger partial charge in [0.15, 0.2) is 0 Å². The van der Waals surface area contributed by atoms with E-state index in [1.165, 1.54) is 18.1 Å². The van der Waals surface area contributed by atoms with Crippen molar-refractivity contribution in [3.63, 3.8) is 0 Å². The topological polar surface area (TPSA) is 0 Å². The molecule has 0 unspecified atom stereocenters. The number of hydrogen-bond donors (Lipinski definition) is 0. The molecular formula is C6H15Si3. The third-order valence-electron chi connectivity index (χ3n) is 1.63. The van der Waals surface area contributed by atoms with E-state index in [0.717, 1.165) is 0 Å². The fourth-order valence-corrected chi connectivity index (χ4v) is 10.0. The van der Waals surface area contributed by atoms with Crippen molar-refractivity contribution in [2.75, 3.05) is 0 Å². The molecule has 0 atom stereocenters.